The van der Waals surface area contributed by atoms with Gasteiger partial charge in [0, 0.05) is 18.4 Å². The Labute approximate surface area is 197 Å². The fraction of sp³-hybridized carbons (Fsp3) is 0.957. The molecule has 0 radical (unpaired) electrons. The smallest absolute Gasteiger partial charge is 0.223 e. The van der Waals surface area contributed by atoms with Gasteiger partial charge in [-0.25, -0.2) is 13.1 Å². The van der Waals surface area contributed by atoms with Crippen molar-refractivity contribution in [1.29, 1.82) is 0 Å². The maximum absolute atomic E-state index is 13.2. The first kappa shape index (κ1) is 25.3. The van der Waals surface area contributed by atoms with E-state index in [0.29, 0.717) is 26.0 Å². The van der Waals surface area contributed by atoms with E-state index in [2.05, 4.69) is 18.6 Å². The summed E-state index contributed by atoms with van der Waals surface area (Å²) in [6.45, 7) is 5.61. The minimum absolute atomic E-state index is 0.0113. The van der Waals surface area contributed by atoms with Crippen molar-refractivity contribution < 1.29 is 32.9 Å². The van der Waals surface area contributed by atoms with Crippen LogP contribution in [-0.2, 0) is 24.3 Å². The topological polar surface area (TPSA) is 125 Å². The molecular weight excluding hydrogens is 448 g/mol. The van der Waals surface area contributed by atoms with Gasteiger partial charge in [-0.05, 0) is 55.8 Å². The Balaban J connectivity index is 1.48. The molecule has 8 unspecified atom stereocenters. The summed E-state index contributed by atoms with van der Waals surface area (Å²) < 4.78 is 37.6. The van der Waals surface area contributed by atoms with E-state index in [1.165, 1.54) is 0 Å². The van der Waals surface area contributed by atoms with Crippen LogP contribution in [0.1, 0.15) is 58.8 Å². The molecule has 2 saturated carbocycles. The lowest BCUT2D eigenvalue weighted by Gasteiger charge is -2.63. The fourth-order valence-corrected chi connectivity index (χ4v) is 7.71. The Bertz CT molecular complexity index is 839. The molecule has 2 saturated heterocycles. The maximum atomic E-state index is 13.2. The number of aliphatic hydroxyl groups excluding tert-OH is 2. The number of sulfonamides is 1. The minimum Gasteiger partial charge on any atom is -0.394 e. The lowest BCUT2D eigenvalue weighted by molar-refractivity contribution is -0.306. The van der Waals surface area contributed by atoms with Crippen molar-refractivity contribution in [3.05, 3.63) is 0 Å². The highest BCUT2D eigenvalue weighted by atomic mass is 32.2. The normalized spacial score (nSPS) is 43.7. The highest BCUT2D eigenvalue weighted by Gasteiger charge is 2.61. The molecule has 4 aliphatic rings. The number of hydrogen-bond acceptors (Lipinski definition) is 7. The molecule has 8 atom stereocenters. The third-order valence-corrected chi connectivity index (χ3v) is 9.74. The number of amides is 1. The Hall–Kier alpha value is -0.780. The van der Waals surface area contributed by atoms with E-state index in [4.69, 9.17) is 9.47 Å². The van der Waals surface area contributed by atoms with Crippen LogP contribution in [0.15, 0.2) is 0 Å². The first-order valence-electron chi connectivity index (χ1n) is 12.3. The van der Waals surface area contributed by atoms with Crippen LogP contribution < -0.4 is 4.72 Å². The standard InChI is InChI=1S/C23H40N2O7S/c1-22-9-8-19-23(2,14-31-21(32-19)12-24-33(3,29)30)18(22)7-6-17(27)16(22)11-20(28)25-10-4-5-15(25)13-26/h15-19,21,24,26-27H,4-14H2,1-3H3. The number of hydrogen-bond donors (Lipinski definition) is 3. The van der Waals surface area contributed by atoms with Crippen LogP contribution in [0.5, 0.6) is 0 Å². The highest BCUT2D eigenvalue weighted by molar-refractivity contribution is 7.88. The second-order valence-electron chi connectivity index (χ2n) is 11.1. The van der Waals surface area contributed by atoms with Gasteiger partial charge >= 0.3 is 0 Å². The van der Waals surface area contributed by atoms with Crippen molar-refractivity contribution in [3.8, 4) is 0 Å². The van der Waals surface area contributed by atoms with Crippen LogP contribution in [0.4, 0.5) is 0 Å². The molecule has 9 nitrogen and oxygen atoms in total. The number of fused-ring (bicyclic) bond motifs is 3. The molecule has 0 aromatic heterocycles. The minimum atomic E-state index is -3.32. The summed E-state index contributed by atoms with van der Waals surface area (Å²) in [6, 6.07) is -0.104. The average Bonchev–Trinajstić information content (AvgIpc) is 3.23. The second-order valence-corrected chi connectivity index (χ2v) is 12.9. The van der Waals surface area contributed by atoms with Gasteiger partial charge in [-0.3, -0.25) is 4.79 Å². The third kappa shape index (κ3) is 4.84. The second kappa shape index (κ2) is 9.35. The Morgan fingerprint density at radius 3 is 2.64 bits per heavy atom. The maximum Gasteiger partial charge on any atom is 0.223 e. The van der Waals surface area contributed by atoms with Crippen LogP contribution in [0, 0.1) is 22.7 Å². The van der Waals surface area contributed by atoms with Gasteiger partial charge in [-0.15, -0.1) is 0 Å². The summed E-state index contributed by atoms with van der Waals surface area (Å²) in [7, 11) is -3.32. The molecule has 0 aromatic carbocycles. The predicted octanol–water partition coefficient (Wildman–Crippen LogP) is 0.844. The Morgan fingerprint density at radius 1 is 1.18 bits per heavy atom. The largest absolute Gasteiger partial charge is 0.394 e. The molecule has 0 spiro atoms. The van der Waals surface area contributed by atoms with Gasteiger partial charge in [-0.1, -0.05) is 13.8 Å². The van der Waals surface area contributed by atoms with Crippen LogP contribution >= 0.6 is 0 Å². The third-order valence-electron chi connectivity index (χ3n) is 9.05. The molecule has 4 rings (SSSR count). The van der Waals surface area contributed by atoms with Gasteiger partial charge in [0.2, 0.25) is 15.9 Å². The van der Waals surface area contributed by atoms with Gasteiger partial charge < -0.3 is 24.6 Å². The van der Waals surface area contributed by atoms with Crippen molar-refractivity contribution in [2.45, 2.75) is 83.3 Å². The molecular formula is C23H40N2O7S. The zero-order valence-electron chi connectivity index (χ0n) is 20.0. The van der Waals surface area contributed by atoms with E-state index in [-0.39, 0.29) is 53.9 Å². The van der Waals surface area contributed by atoms with Crippen molar-refractivity contribution in [2.75, 3.05) is 32.6 Å². The number of likely N-dealkylation sites (tertiary alicyclic amines) is 1. The molecule has 10 heteroatoms. The van der Waals surface area contributed by atoms with Gasteiger partial charge in [-0.2, -0.15) is 0 Å². The molecule has 190 valence electrons. The van der Waals surface area contributed by atoms with Crippen molar-refractivity contribution >= 4 is 15.9 Å². The number of ether oxygens (including phenoxy) is 2. The van der Waals surface area contributed by atoms with E-state index in [1.807, 2.05) is 0 Å². The van der Waals surface area contributed by atoms with Crippen molar-refractivity contribution in [1.82, 2.24) is 9.62 Å². The van der Waals surface area contributed by atoms with E-state index in [0.717, 1.165) is 38.4 Å². The molecule has 2 heterocycles. The monoisotopic (exact) mass is 488 g/mol. The van der Waals surface area contributed by atoms with E-state index < -0.39 is 22.4 Å². The molecule has 33 heavy (non-hydrogen) atoms. The molecule has 3 N–H and O–H groups in total. The van der Waals surface area contributed by atoms with E-state index in [9.17, 15) is 23.4 Å². The average molecular weight is 489 g/mol. The summed E-state index contributed by atoms with van der Waals surface area (Å²) in [6.07, 6.45) is 5.07. The van der Waals surface area contributed by atoms with Crippen LogP contribution in [0.25, 0.3) is 0 Å². The number of rotatable bonds is 6. The number of nitrogens with zero attached hydrogens (tertiary/aromatic N) is 1. The number of carbonyl (C=O) groups is 1. The quantitative estimate of drug-likeness (QED) is 0.506. The van der Waals surface area contributed by atoms with Crippen LogP contribution in [-0.4, -0.2) is 86.5 Å². The van der Waals surface area contributed by atoms with E-state index in [1.54, 1.807) is 4.90 Å². The Morgan fingerprint density at radius 2 is 1.94 bits per heavy atom. The molecule has 2 aliphatic carbocycles. The fourth-order valence-electron chi connectivity index (χ4n) is 7.27. The number of nitrogens with one attached hydrogen (secondary N) is 1. The molecule has 4 fully saturated rings. The number of carbonyl (C=O) groups excluding carboxylic acids is 1. The zero-order valence-corrected chi connectivity index (χ0v) is 20.8. The molecule has 0 bridgehead atoms. The summed E-state index contributed by atoms with van der Waals surface area (Å²) in [4.78, 5) is 15.0. The van der Waals surface area contributed by atoms with Crippen molar-refractivity contribution in [2.24, 2.45) is 22.7 Å². The molecule has 1 amide bonds. The van der Waals surface area contributed by atoms with E-state index >= 15 is 0 Å². The molecule has 2 aliphatic heterocycles. The van der Waals surface area contributed by atoms with Crippen LogP contribution in [0.2, 0.25) is 0 Å². The summed E-state index contributed by atoms with van der Waals surface area (Å²) in [5.41, 5.74) is -0.491. The SMILES string of the molecule is CC12COC(CNS(C)(=O)=O)OC1CCC1(C)C(CC(=O)N3CCCC3CO)C(O)CCC21. The summed E-state index contributed by atoms with van der Waals surface area (Å²) in [5, 5.41) is 20.6. The predicted molar refractivity (Wildman–Crippen MR) is 122 cm³/mol. The van der Waals surface area contributed by atoms with Gasteiger partial charge in [0.15, 0.2) is 6.29 Å². The zero-order chi connectivity index (χ0) is 24.0. The molecule has 0 aromatic rings. The Kier molecular flexibility index (Phi) is 7.17. The first-order chi connectivity index (χ1) is 15.5. The highest BCUT2D eigenvalue weighted by Crippen LogP contribution is 2.62. The summed E-state index contributed by atoms with van der Waals surface area (Å²) in [5.74, 6) is 0.111. The lowest BCUT2D eigenvalue weighted by Crippen LogP contribution is -2.63. The summed E-state index contributed by atoms with van der Waals surface area (Å²) >= 11 is 0. The van der Waals surface area contributed by atoms with Crippen LogP contribution in [0.3, 0.4) is 0 Å². The van der Waals surface area contributed by atoms with Gasteiger partial charge in [0.1, 0.15) is 0 Å². The number of aliphatic hydroxyl groups is 2. The first-order valence-corrected chi connectivity index (χ1v) is 14.2. The lowest BCUT2D eigenvalue weighted by atomic mass is 9.46. The van der Waals surface area contributed by atoms with Gasteiger partial charge in [0.25, 0.3) is 0 Å². The van der Waals surface area contributed by atoms with Gasteiger partial charge in [0.05, 0.1) is 44.3 Å². The van der Waals surface area contributed by atoms with Crippen molar-refractivity contribution in [3.63, 3.8) is 0 Å².